The molecule has 0 unspecified atom stereocenters. The lowest BCUT2D eigenvalue weighted by molar-refractivity contribution is -0.0499. The van der Waals surface area contributed by atoms with Gasteiger partial charge in [-0.05, 0) is 43.2 Å². The van der Waals surface area contributed by atoms with Gasteiger partial charge in [-0.1, -0.05) is 24.3 Å². The zero-order chi connectivity index (χ0) is 17.7. The molecule has 0 aliphatic rings. The topological polar surface area (TPSA) is 67.8 Å². The fourth-order valence-corrected chi connectivity index (χ4v) is 3.12. The molecule has 0 spiro atoms. The molecule has 0 radical (unpaired) electrons. The van der Waals surface area contributed by atoms with Crippen LogP contribution in [-0.2, 0) is 10.0 Å². The first-order chi connectivity index (χ1) is 11.3. The molecule has 0 amide bonds. The van der Waals surface area contributed by atoms with E-state index in [1.54, 1.807) is 32.0 Å². The molecule has 2 rings (SSSR count). The molecule has 0 fully saturated rings. The van der Waals surface area contributed by atoms with Crippen molar-refractivity contribution < 1.29 is 21.9 Å². The number of benzene rings is 2. The molecular weight excluding hydrogens is 338 g/mol. The summed E-state index contributed by atoms with van der Waals surface area (Å²) in [6.07, 6.45) is 1.11. The molecule has 2 aromatic carbocycles. The van der Waals surface area contributed by atoms with E-state index < -0.39 is 16.6 Å². The normalized spacial score (nSPS) is 11.9. The Morgan fingerprint density at radius 3 is 2.58 bits per heavy atom. The van der Waals surface area contributed by atoms with Crippen LogP contribution in [0.1, 0.15) is 16.7 Å². The van der Waals surface area contributed by atoms with Crippen molar-refractivity contribution in [2.75, 3.05) is 0 Å². The number of alkyl halides is 2. The SMILES string of the molecule is Cc1ccc(C)c(S(=O)(=O)NN=Cc2ccccc2OC(F)F)c1. The quantitative estimate of drug-likeness (QED) is 0.640. The van der Waals surface area contributed by atoms with Gasteiger partial charge in [0.25, 0.3) is 10.0 Å². The Morgan fingerprint density at radius 2 is 1.88 bits per heavy atom. The predicted octanol–water partition coefficient (Wildman–Crippen LogP) is 3.22. The van der Waals surface area contributed by atoms with Gasteiger partial charge in [0.15, 0.2) is 0 Å². The summed E-state index contributed by atoms with van der Waals surface area (Å²) >= 11 is 0. The first kappa shape index (κ1) is 17.9. The zero-order valence-electron chi connectivity index (χ0n) is 13.0. The van der Waals surface area contributed by atoms with Crippen LogP contribution in [0.25, 0.3) is 0 Å². The van der Waals surface area contributed by atoms with Gasteiger partial charge in [0, 0.05) is 5.56 Å². The van der Waals surface area contributed by atoms with E-state index in [1.807, 2.05) is 0 Å². The highest BCUT2D eigenvalue weighted by Crippen LogP contribution is 2.19. The van der Waals surface area contributed by atoms with Crippen molar-refractivity contribution in [1.29, 1.82) is 0 Å². The van der Waals surface area contributed by atoms with Gasteiger partial charge >= 0.3 is 6.61 Å². The standard InChI is InChI=1S/C16H16F2N2O3S/c1-11-7-8-12(2)15(9-11)24(21,22)20-19-10-13-5-3-4-6-14(13)23-16(17)18/h3-10,16,20H,1-2H3. The smallest absolute Gasteiger partial charge is 0.387 e. The largest absolute Gasteiger partial charge is 0.434 e. The van der Waals surface area contributed by atoms with E-state index in [0.717, 1.165) is 11.8 Å². The molecule has 0 saturated carbocycles. The minimum absolute atomic E-state index is 0.0952. The maximum Gasteiger partial charge on any atom is 0.387 e. The highest BCUT2D eigenvalue weighted by molar-refractivity contribution is 7.89. The lowest BCUT2D eigenvalue weighted by atomic mass is 10.2. The van der Waals surface area contributed by atoms with Crippen LogP contribution in [0.3, 0.4) is 0 Å². The molecule has 0 atom stereocenters. The van der Waals surface area contributed by atoms with Crippen LogP contribution in [0.4, 0.5) is 8.78 Å². The maximum atomic E-state index is 12.3. The van der Waals surface area contributed by atoms with Crippen LogP contribution < -0.4 is 9.57 Å². The van der Waals surface area contributed by atoms with Gasteiger partial charge in [-0.25, -0.2) is 4.83 Å². The third-order valence-electron chi connectivity index (χ3n) is 3.14. The molecule has 1 N–H and O–H groups in total. The third kappa shape index (κ3) is 4.51. The number of hydrogen-bond acceptors (Lipinski definition) is 4. The predicted molar refractivity (Wildman–Crippen MR) is 86.9 cm³/mol. The summed E-state index contributed by atoms with van der Waals surface area (Å²) in [5, 5.41) is 3.64. The number of hydrazone groups is 1. The molecule has 0 aliphatic heterocycles. The average molecular weight is 354 g/mol. The maximum absolute atomic E-state index is 12.3. The van der Waals surface area contributed by atoms with E-state index >= 15 is 0 Å². The van der Waals surface area contributed by atoms with E-state index in [4.69, 9.17) is 0 Å². The monoisotopic (exact) mass is 354 g/mol. The second kappa shape index (κ2) is 7.39. The summed E-state index contributed by atoms with van der Waals surface area (Å²) in [6, 6.07) is 11.0. The van der Waals surface area contributed by atoms with Crippen LogP contribution in [-0.4, -0.2) is 21.2 Å². The molecule has 128 valence electrons. The average Bonchev–Trinajstić information content (AvgIpc) is 2.50. The van der Waals surface area contributed by atoms with Crippen LogP contribution in [0.2, 0.25) is 0 Å². The highest BCUT2D eigenvalue weighted by atomic mass is 32.2. The fraction of sp³-hybridized carbons (Fsp3) is 0.188. The minimum Gasteiger partial charge on any atom is -0.434 e. The van der Waals surface area contributed by atoms with Crippen molar-refractivity contribution >= 4 is 16.2 Å². The molecule has 0 aromatic heterocycles. The number of nitrogens with zero attached hydrogens (tertiary/aromatic N) is 1. The van der Waals surface area contributed by atoms with Gasteiger partial charge in [-0.15, -0.1) is 0 Å². The zero-order valence-corrected chi connectivity index (χ0v) is 13.8. The molecule has 0 saturated heterocycles. The molecular formula is C16H16F2N2O3S. The van der Waals surface area contributed by atoms with Crippen LogP contribution in [0.15, 0.2) is 52.5 Å². The van der Waals surface area contributed by atoms with Crippen LogP contribution in [0, 0.1) is 13.8 Å². The Bertz CT molecular complexity index is 852. The fourth-order valence-electron chi connectivity index (χ4n) is 2.00. The molecule has 24 heavy (non-hydrogen) atoms. The molecule has 0 bridgehead atoms. The Kier molecular flexibility index (Phi) is 5.50. The first-order valence-electron chi connectivity index (χ1n) is 6.95. The minimum atomic E-state index is -3.86. The summed E-state index contributed by atoms with van der Waals surface area (Å²) in [6.45, 7) is 0.467. The van der Waals surface area contributed by atoms with Crippen LogP contribution >= 0.6 is 0 Å². The number of halogens is 2. The van der Waals surface area contributed by atoms with Gasteiger partial charge in [-0.2, -0.15) is 22.3 Å². The van der Waals surface area contributed by atoms with Crippen LogP contribution in [0.5, 0.6) is 5.75 Å². The Labute approximate surface area is 139 Å². The van der Waals surface area contributed by atoms with Gasteiger partial charge < -0.3 is 4.74 Å². The summed E-state index contributed by atoms with van der Waals surface area (Å²) < 4.78 is 53.6. The third-order valence-corrected chi connectivity index (χ3v) is 4.51. The van der Waals surface area contributed by atoms with E-state index in [2.05, 4.69) is 14.7 Å². The lowest BCUT2D eigenvalue weighted by Gasteiger charge is -2.09. The second-order valence-corrected chi connectivity index (χ2v) is 6.67. The second-order valence-electron chi connectivity index (χ2n) is 5.04. The molecule has 8 heteroatoms. The van der Waals surface area contributed by atoms with Gasteiger partial charge in [0.2, 0.25) is 0 Å². The van der Waals surface area contributed by atoms with Crippen molar-refractivity contribution in [3.63, 3.8) is 0 Å². The number of aryl methyl sites for hydroxylation is 2. The van der Waals surface area contributed by atoms with E-state index in [0.29, 0.717) is 5.56 Å². The summed E-state index contributed by atoms with van der Waals surface area (Å²) in [4.78, 5) is 2.18. The van der Waals surface area contributed by atoms with Gasteiger partial charge in [-0.3, -0.25) is 0 Å². The molecule has 5 nitrogen and oxygen atoms in total. The van der Waals surface area contributed by atoms with E-state index in [9.17, 15) is 17.2 Å². The Hall–Kier alpha value is -2.48. The van der Waals surface area contributed by atoms with Gasteiger partial charge in [0.1, 0.15) is 5.75 Å². The number of rotatable bonds is 6. The van der Waals surface area contributed by atoms with Gasteiger partial charge in [0.05, 0.1) is 11.1 Å². The highest BCUT2D eigenvalue weighted by Gasteiger charge is 2.16. The number of nitrogens with one attached hydrogen (secondary N) is 1. The van der Waals surface area contributed by atoms with Crippen molar-refractivity contribution in [2.45, 2.75) is 25.4 Å². The summed E-state index contributed by atoms with van der Waals surface area (Å²) in [7, 11) is -3.86. The van der Waals surface area contributed by atoms with E-state index in [1.165, 1.54) is 24.3 Å². The number of ether oxygens (including phenoxy) is 1. The van der Waals surface area contributed by atoms with Crippen molar-refractivity contribution in [3.8, 4) is 5.75 Å². The van der Waals surface area contributed by atoms with E-state index in [-0.39, 0.29) is 16.2 Å². The van der Waals surface area contributed by atoms with Crippen molar-refractivity contribution in [1.82, 2.24) is 4.83 Å². The summed E-state index contributed by atoms with van der Waals surface area (Å²) in [5.41, 5.74) is 1.59. The molecule has 0 heterocycles. The van der Waals surface area contributed by atoms with Crippen molar-refractivity contribution in [2.24, 2.45) is 5.10 Å². The number of sulfonamides is 1. The summed E-state index contributed by atoms with van der Waals surface area (Å²) in [5.74, 6) is -0.0952. The number of hydrogen-bond donors (Lipinski definition) is 1. The lowest BCUT2D eigenvalue weighted by Crippen LogP contribution is -2.19. The Morgan fingerprint density at radius 1 is 1.17 bits per heavy atom. The number of para-hydroxylation sites is 1. The molecule has 2 aromatic rings. The van der Waals surface area contributed by atoms with Crippen molar-refractivity contribution in [3.05, 3.63) is 59.2 Å². The molecule has 0 aliphatic carbocycles. The first-order valence-corrected chi connectivity index (χ1v) is 8.44. The Balaban J connectivity index is 2.21.